The number of hydrogen-bond donors (Lipinski definition) is 1. The first-order chi connectivity index (χ1) is 16.3. The zero-order chi connectivity index (χ0) is 22.5. The number of fused-ring (bicyclic) bond motifs is 1. The van der Waals surface area contributed by atoms with E-state index in [9.17, 15) is 5.11 Å². The van der Waals surface area contributed by atoms with Crippen molar-refractivity contribution in [3.63, 3.8) is 0 Å². The Balaban J connectivity index is 1.11. The molecule has 0 aromatic heterocycles. The highest BCUT2D eigenvalue weighted by molar-refractivity contribution is 5.39. The second-order valence-electron chi connectivity index (χ2n) is 9.69. The molecular weight excluding hydrogens is 406 g/mol. The van der Waals surface area contributed by atoms with E-state index in [1.165, 1.54) is 42.6 Å². The first-order valence-electron chi connectivity index (χ1n) is 12.5. The van der Waals surface area contributed by atoms with Gasteiger partial charge in [0.25, 0.3) is 0 Å². The van der Waals surface area contributed by atoms with E-state index in [0.717, 1.165) is 37.1 Å². The Bertz CT molecular complexity index is 1010. The number of aliphatic hydroxyl groups excluding tert-OH is 1. The highest BCUT2D eigenvalue weighted by Crippen LogP contribution is 2.38. The quantitative estimate of drug-likeness (QED) is 0.479. The summed E-state index contributed by atoms with van der Waals surface area (Å²) in [6.45, 7) is 4.00. The molecule has 0 unspecified atom stereocenters. The lowest BCUT2D eigenvalue weighted by Crippen LogP contribution is -2.35. The van der Waals surface area contributed by atoms with Gasteiger partial charge in [-0.3, -0.25) is 0 Å². The van der Waals surface area contributed by atoms with E-state index in [1.54, 1.807) is 0 Å². The standard InChI is InChI=1S/C30H35NO2/c32-30-26(17-20-31-18-15-25(16-19-31)24-9-5-2-6-10-24)11-12-27-21-28(13-14-29(27)30)33-22-23-7-3-1-4-8-23/h1-10,13-14,21,25-26,30,32H,11-12,15-20,22H2/t26-,30-/m0/s1. The Morgan fingerprint density at radius 3 is 2.33 bits per heavy atom. The largest absolute Gasteiger partial charge is 0.489 e. The summed E-state index contributed by atoms with van der Waals surface area (Å²) in [6, 6.07) is 27.4. The minimum Gasteiger partial charge on any atom is -0.489 e. The van der Waals surface area contributed by atoms with E-state index in [-0.39, 0.29) is 6.10 Å². The fourth-order valence-corrected chi connectivity index (χ4v) is 5.54. The van der Waals surface area contributed by atoms with Crippen molar-refractivity contribution in [3.05, 3.63) is 101 Å². The summed E-state index contributed by atoms with van der Waals surface area (Å²) in [6.07, 6.45) is 5.27. The van der Waals surface area contributed by atoms with Gasteiger partial charge in [-0.15, -0.1) is 0 Å². The van der Waals surface area contributed by atoms with Gasteiger partial charge in [-0.05, 0) is 98.0 Å². The fourth-order valence-electron chi connectivity index (χ4n) is 5.54. The Morgan fingerprint density at radius 1 is 0.848 bits per heavy atom. The van der Waals surface area contributed by atoms with Crippen LogP contribution in [0.5, 0.6) is 5.75 Å². The maximum Gasteiger partial charge on any atom is 0.120 e. The van der Waals surface area contributed by atoms with Crippen molar-refractivity contribution in [2.24, 2.45) is 5.92 Å². The van der Waals surface area contributed by atoms with E-state index in [4.69, 9.17) is 4.74 Å². The predicted molar refractivity (Wildman–Crippen MR) is 133 cm³/mol. The molecule has 3 nitrogen and oxygen atoms in total. The molecule has 5 rings (SSSR count). The van der Waals surface area contributed by atoms with Crippen LogP contribution in [0.4, 0.5) is 0 Å². The van der Waals surface area contributed by atoms with Crippen LogP contribution in [0.2, 0.25) is 0 Å². The van der Waals surface area contributed by atoms with E-state index in [1.807, 2.05) is 24.3 Å². The second kappa shape index (κ2) is 10.5. The van der Waals surface area contributed by atoms with Crippen molar-refractivity contribution >= 4 is 0 Å². The normalized spacial score (nSPS) is 21.5. The molecule has 2 aliphatic rings. The Kier molecular flexibility index (Phi) is 7.09. The van der Waals surface area contributed by atoms with E-state index < -0.39 is 0 Å². The Morgan fingerprint density at radius 2 is 1.58 bits per heavy atom. The van der Waals surface area contributed by atoms with Crippen molar-refractivity contribution in [2.45, 2.75) is 50.7 Å². The molecule has 3 heteroatoms. The van der Waals surface area contributed by atoms with E-state index >= 15 is 0 Å². The number of hydrogen-bond acceptors (Lipinski definition) is 3. The third kappa shape index (κ3) is 5.48. The van der Waals surface area contributed by atoms with Crippen LogP contribution in [0.25, 0.3) is 0 Å². The lowest BCUT2D eigenvalue weighted by atomic mass is 9.79. The SMILES string of the molecule is O[C@@H]1c2ccc(OCc3ccccc3)cc2CC[C@H]1CCN1CCC(c2ccccc2)CC1. The third-order valence-corrected chi connectivity index (χ3v) is 7.59. The van der Waals surface area contributed by atoms with E-state index in [0.29, 0.717) is 18.4 Å². The van der Waals surface area contributed by atoms with Gasteiger partial charge in [0, 0.05) is 0 Å². The van der Waals surface area contributed by atoms with E-state index in [2.05, 4.69) is 59.5 Å². The zero-order valence-electron chi connectivity index (χ0n) is 19.4. The topological polar surface area (TPSA) is 32.7 Å². The first kappa shape index (κ1) is 22.2. The van der Waals surface area contributed by atoms with Crippen molar-refractivity contribution in [1.29, 1.82) is 0 Å². The molecule has 1 fully saturated rings. The molecule has 1 N–H and O–H groups in total. The molecule has 1 aliphatic carbocycles. The second-order valence-corrected chi connectivity index (χ2v) is 9.69. The summed E-state index contributed by atoms with van der Waals surface area (Å²) in [5, 5.41) is 11.1. The third-order valence-electron chi connectivity index (χ3n) is 7.59. The average Bonchev–Trinajstić information content (AvgIpc) is 2.88. The van der Waals surface area contributed by atoms with Crippen LogP contribution in [0.1, 0.15) is 60.0 Å². The minimum atomic E-state index is -0.362. The molecule has 3 aromatic carbocycles. The average molecular weight is 442 g/mol. The lowest BCUT2D eigenvalue weighted by Gasteiger charge is -2.35. The summed E-state index contributed by atoms with van der Waals surface area (Å²) >= 11 is 0. The first-order valence-corrected chi connectivity index (χ1v) is 12.5. The molecular formula is C30H35NO2. The molecule has 1 saturated heterocycles. The Labute approximate surface area is 198 Å². The maximum absolute atomic E-state index is 11.1. The van der Waals surface area contributed by atoms with Crippen LogP contribution in [-0.2, 0) is 13.0 Å². The minimum absolute atomic E-state index is 0.348. The van der Waals surface area contributed by atoms with Crippen molar-refractivity contribution < 1.29 is 9.84 Å². The van der Waals surface area contributed by atoms with Gasteiger partial charge < -0.3 is 14.7 Å². The van der Waals surface area contributed by atoms with Crippen LogP contribution < -0.4 is 4.74 Å². The number of piperidine rings is 1. The summed E-state index contributed by atoms with van der Waals surface area (Å²) in [5.41, 5.74) is 5.00. The van der Waals surface area contributed by atoms with Gasteiger partial charge in [-0.1, -0.05) is 66.7 Å². The predicted octanol–water partition coefficient (Wildman–Crippen LogP) is 6.13. The molecule has 2 atom stereocenters. The van der Waals surface area contributed by atoms with Gasteiger partial charge in [-0.25, -0.2) is 0 Å². The smallest absolute Gasteiger partial charge is 0.120 e. The van der Waals surface area contributed by atoms with Crippen molar-refractivity contribution in [3.8, 4) is 5.75 Å². The number of likely N-dealkylation sites (tertiary alicyclic amines) is 1. The van der Waals surface area contributed by atoms with Gasteiger partial charge >= 0.3 is 0 Å². The number of nitrogens with zero attached hydrogens (tertiary/aromatic N) is 1. The van der Waals surface area contributed by atoms with Gasteiger partial charge in [0.1, 0.15) is 12.4 Å². The summed E-state index contributed by atoms with van der Waals surface area (Å²) in [5.74, 6) is 1.94. The number of rotatable bonds is 7. The molecule has 33 heavy (non-hydrogen) atoms. The number of aliphatic hydroxyl groups is 1. The van der Waals surface area contributed by atoms with Crippen LogP contribution in [0.15, 0.2) is 78.9 Å². The zero-order valence-corrected chi connectivity index (χ0v) is 19.4. The van der Waals surface area contributed by atoms with Crippen LogP contribution in [0, 0.1) is 5.92 Å². The van der Waals surface area contributed by atoms with Gasteiger partial charge in [0.2, 0.25) is 0 Å². The monoisotopic (exact) mass is 441 g/mol. The van der Waals surface area contributed by atoms with Crippen LogP contribution >= 0.6 is 0 Å². The number of ether oxygens (including phenoxy) is 1. The van der Waals surface area contributed by atoms with Crippen LogP contribution in [-0.4, -0.2) is 29.6 Å². The summed E-state index contributed by atoms with van der Waals surface area (Å²) < 4.78 is 6.00. The summed E-state index contributed by atoms with van der Waals surface area (Å²) in [4.78, 5) is 2.60. The molecule has 0 bridgehead atoms. The molecule has 0 radical (unpaired) electrons. The number of benzene rings is 3. The molecule has 0 saturated carbocycles. The molecule has 1 aliphatic heterocycles. The maximum atomic E-state index is 11.1. The van der Waals surface area contributed by atoms with Gasteiger partial charge in [0.15, 0.2) is 0 Å². The molecule has 1 heterocycles. The van der Waals surface area contributed by atoms with Gasteiger partial charge in [-0.2, -0.15) is 0 Å². The lowest BCUT2D eigenvalue weighted by molar-refractivity contribution is 0.0771. The van der Waals surface area contributed by atoms with Gasteiger partial charge in [0.05, 0.1) is 6.10 Å². The molecule has 0 amide bonds. The highest BCUT2D eigenvalue weighted by atomic mass is 16.5. The molecule has 0 spiro atoms. The highest BCUT2D eigenvalue weighted by Gasteiger charge is 2.29. The fraction of sp³-hybridized carbons (Fsp3) is 0.400. The molecule has 3 aromatic rings. The summed E-state index contributed by atoms with van der Waals surface area (Å²) in [7, 11) is 0. The van der Waals surface area contributed by atoms with Crippen molar-refractivity contribution in [1.82, 2.24) is 4.90 Å². The van der Waals surface area contributed by atoms with Crippen molar-refractivity contribution in [2.75, 3.05) is 19.6 Å². The Hall–Kier alpha value is -2.62. The number of aryl methyl sites for hydroxylation is 1. The van der Waals surface area contributed by atoms with Crippen LogP contribution in [0.3, 0.4) is 0 Å². The molecule has 172 valence electrons.